The van der Waals surface area contributed by atoms with Gasteiger partial charge in [0.05, 0.1) is 8.41 Å². The molecule has 2 rings (SSSR count). The van der Waals surface area contributed by atoms with Gasteiger partial charge < -0.3 is 4.74 Å². The first-order valence-corrected chi connectivity index (χ1v) is 3.35. The molecular weight excluding hydrogens is 231 g/mol. The number of hydrogen-bond acceptors (Lipinski definition) is 1. The Bertz CT molecular complexity index is 273. The third-order valence-electron chi connectivity index (χ3n) is 1.55. The Morgan fingerprint density at radius 1 is 1.17 bits per heavy atom. The number of ether oxygens (including phenoxy) is 1. The van der Waals surface area contributed by atoms with Crippen molar-refractivity contribution in [2.75, 3.05) is 6.61 Å². The van der Waals surface area contributed by atoms with Crippen LogP contribution in [0.4, 0.5) is 0 Å². The maximum absolute atomic E-state index is 5.34. The second-order valence-electron chi connectivity index (χ2n) is 2.25. The smallest absolute Gasteiger partial charge is 0.126 e. The molecule has 0 aliphatic carbocycles. The van der Waals surface area contributed by atoms with Crippen LogP contribution in [0.3, 0.4) is 0 Å². The van der Waals surface area contributed by atoms with Crippen LogP contribution in [0.15, 0.2) is 30.3 Å². The molecule has 0 atom stereocenters. The topological polar surface area (TPSA) is 9.23 Å². The summed E-state index contributed by atoms with van der Waals surface area (Å²) in [5.41, 5.74) is 1.17. The first-order valence-electron chi connectivity index (χ1n) is 3.35. The summed E-state index contributed by atoms with van der Waals surface area (Å²) < 4.78 is 5.34. The third-order valence-corrected chi connectivity index (χ3v) is 1.55. The molecule has 1 aromatic rings. The molecule has 0 amide bonds. The van der Waals surface area contributed by atoms with E-state index in [2.05, 4.69) is 6.08 Å². The third kappa shape index (κ3) is 2.25. The van der Waals surface area contributed by atoms with Crippen molar-refractivity contribution in [1.29, 1.82) is 0 Å². The van der Waals surface area contributed by atoms with E-state index in [9.17, 15) is 0 Å². The average Bonchev–Trinajstić information content (AvgIpc) is 2.05. The largest absolute Gasteiger partial charge is 0.489 e. The Morgan fingerprint density at radius 3 is 2.67 bits per heavy atom. The van der Waals surface area contributed by atoms with Gasteiger partial charge in [-0.05, 0) is 12.1 Å². The van der Waals surface area contributed by atoms with E-state index in [1.165, 1.54) is 5.56 Å². The number of hydrogen-bond donors (Lipinski definition) is 0. The maximum atomic E-state index is 5.34. The van der Waals surface area contributed by atoms with Gasteiger partial charge in [-0.3, -0.25) is 0 Å². The molecule has 0 unspecified atom stereocenters. The van der Waals surface area contributed by atoms with Gasteiger partial charge in [0.1, 0.15) is 12.4 Å². The molecule has 0 saturated carbocycles. The predicted molar refractivity (Wildman–Crippen MR) is 50.9 cm³/mol. The van der Waals surface area contributed by atoms with Crippen molar-refractivity contribution in [2.24, 2.45) is 0 Å². The molecule has 12 heavy (non-hydrogen) atoms. The molecule has 0 radical (unpaired) electrons. The van der Waals surface area contributed by atoms with Crippen LogP contribution in [0, 0.1) is 0 Å². The molecular formula is C9H11BMoO. The molecule has 0 fully saturated rings. The Morgan fingerprint density at radius 2 is 1.92 bits per heavy atom. The van der Waals surface area contributed by atoms with E-state index in [4.69, 9.17) is 4.74 Å². The molecule has 0 N–H and O–H groups in total. The molecule has 0 bridgehead atoms. The van der Waals surface area contributed by atoms with E-state index in [0.29, 0.717) is 6.61 Å². The van der Waals surface area contributed by atoms with Crippen molar-refractivity contribution in [2.45, 2.75) is 0 Å². The number of fused-ring (bicyclic) bond motifs is 1. The summed E-state index contributed by atoms with van der Waals surface area (Å²) in [6.45, 7) is 0.705. The molecule has 1 aliphatic heterocycles. The van der Waals surface area contributed by atoms with E-state index in [0.717, 1.165) is 5.75 Å². The van der Waals surface area contributed by atoms with Crippen LogP contribution in [0.5, 0.6) is 5.75 Å². The molecule has 1 heterocycles. The fraction of sp³-hybridized carbons (Fsp3) is 0.111. The first kappa shape index (κ1) is 11.5. The van der Waals surface area contributed by atoms with Crippen molar-refractivity contribution in [3.8, 4) is 5.75 Å². The van der Waals surface area contributed by atoms with E-state index in [-0.39, 0.29) is 29.5 Å². The predicted octanol–water partition coefficient (Wildman–Crippen LogP) is 0.906. The standard InChI is InChI=1S/C9H8O.BH3.Mo/c1-2-6-9-8(4-1)5-3-7-10-9;;/h1-6H,7H2;1H3;. The van der Waals surface area contributed by atoms with Gasteiger partial charge >= 0.3 is 0 Å². The minimum Gasteiger partial charge on any atom is -0.489 e. The second kappa shape index (κ2) is 5.21. The zero-order valence-electron chi connectivity index (χ0n) is 5.99. The summed E-state index contributed by atoms with van der Waals surface area (Å²) in [5, 5.41) is 0. The Balaban J connectivity index is 0.000000605. The van der Waals surface area contributed by atoms with Crippen LogP contribution >= 0.6 is 0 Å². The van der Waals surface area contributed by atoms with Gasteiger partial charge in [-0.2, -0.15) is 0 Å². The maximum Gasteiger partial charge on any atom is 0.126 e. The van der Waals surface area contributed by atoms with Crippen LogP contribution in [-0.4, -0.2) is 15.0 Å². The molecule has 1 aromatic carbocycles. The van der Waals surface area contributed by atoms with E-state index < -0.39 is 0 Å². The molecule has 0 spiro atoms. The van der Waals surface area contributed by atoms with Gasteiger partial charge in [0, 0.05) is 26.6 Å². The Kier molecular flexibility index (Phi) is 5.00. The van der Waals surface area contributed by atoms with Crippen LogP contribution in [0.25, 0.3) is 6.08 Å². The number of rotatable bonds is 0. The minimum absolute atomic E-state index is 0. The van der Waals surface area contributed by atoms with Crippen LogP contribution in [0.2, 0.25) is 0 Å². The van der Waals surface area contributed by atoms with Gasteiger partial charge in [0.15, 0.2) is 0 Å². The molecule has 0 aromatic heterocycles. The zero-order valence-corrected chi connectivity index (χ0v) is 7.99. The summed E-state index contributed by atoms with van der Waals surface area (Å²) in [4.78, 5) is 0. The van der Waals surface area contributed by atoms with Crippen molar-refractivity contribution in [3.63, 3.8) is 0 Å². The van der Waals surface area contributed by atoms with Gasteiger partial charge in [-0.25, -0.2) is 0 Å². The van der Waals surface area contributed by atoms with Crippen molar-refractivity contribution < 1.29 is 25.8 Å². The number of para-hydroxylation sites is 1. The summed E-state index contributed by atoms with van der Waals surface area (Å²) in [6.07, 6.45) is 4.10. The molecule has 0 saturated heterocycles. The minimum atomic E-state index is 0. The Hall–Kier alpha value is -0.487. The zero-order chi connectivity index (χ0) is 6.81. The molecule has 1 nitrogen and oxygen atoms in total. The normalized spacial score (nSPS) is 11.7. The van der Waals surface area contributed by atoms with Gasteiger partial charge in [0.25, 0.3) is 0 Å². The van der Waals surface area contributed by atoms with Crippen molar-refractivity contribution in [3.05, 3.63) is 35.9 Å². The Labute approximate surface area is 88.7 Å². The molecule has 3 heteroatoms. The van der Waals surface area contributed by atoms with Crippen molar-refractivity contribution >= 4 is 14.5 Å². The van der Waals surface area contributed by atoms with Gasteiger partial charge in [-0.1, -0.05) is 24.3 Å². The first-order chi connectivity index (χ1) is 4.97. The van der Waals surface area contributed by atoms with Crippen LogP contribution in [0.1, 0.15) is 5.56 Å². The molecule has 62 valence electrons. The summed E-state index contributed by atoms with van der Waals surface area (Å²) in [7, 11) is 0. The quantitative estimate of drug-likeness (QED) is 0.614. The number of benzene rings is 1. The molecule has 1 aliphatic rings. The van der Waals surface area contributed by atoms with Gasteiger partial charge in [-0.15, -0.1) is 0 Å². The average molecular weight is 242 g/mol. The van der Waals surface area contributed by atoms with E-state index in [1.807, 2.05) is 30.3 Å². The summed E-state index contributed by atoms with van der Waals surface area (Å²) in [6, 6.07) is 8.03. The second-order valence-corrected chi connectivity index (χ2v) is 2.25. The van der Waals surface area contributed by atoms with Crippen molar-refractivity contribution in [1.82, 2.24) is 0 Å². The summed E-state index contributed by atoms with van der Waals surface area (Å²) >= 11 is 0. The van der Waals surface area contributed by atoms with Crippen LogP contribution < -0.4 is 4.74 Å². The van der Waals surface area contributed by atoms with E-state index in [1.54, 1.807) is 0 Å². The monoisotopic (exact) mass is 244 g/mol. The SMILES string of the molecule is B.C1=Cc2ccccc2OC1.[Mo]. The fourth-order valence-corrected chi connectivity index (χ4v) is 1.06. The fourth-order valence-electron chi connectivity index (χ4n) is 1.06. The van der Waals surface area contributed by atoms with E-state index >= 15 is 0 Å². The van der Waals surface area contributed by atoms with Gasteiger partial charge in [0.2, 0.25) is 0 Å². The summed E-state index contributed by atoms with van der Waals surface area (Å²) in [5.74, 6) is 0.991. The van der Waals surface area contributed by atoms with Crippen LogP contribution in [-0.2, 0) is 21.1 Å².